The molecule has 1 aromatic heterocycles. The first-order valence-electron chi connectivity index (χ1n) is 5.64. The van der Waals surface area contributed by atoms with Crippen molar-refractivity contribution in [2.45, 2.75) is 6.54 Å². The van der Waals surface area contributed by atoms with Gasteiger partial charge in [0.25, 0.3) is 5.56 Å². The molecule has 0 aliphatic carbocycles. The van der Waals surface area contributed by atoms with Crippen LogP contribution in [0.4, 0.5) is 0 Å². The molecule has 98 valence electrons. The van der Waals surface area contributed by atoms with Crippen molar-refractivity contribution in [1.29, 1.82) is 0 Å². The van der Waals surface area contributed by atoms with Crippen molar-refractivity contribution in [3.8, 4) is 0 Å². The zero-order chi connectivity index (χ0) is 13.8. The van der Waals surface area contributed by atoms with Crippen LogP contribution in [0.1, 0.15) is 15.9 Å². The molecule has 1 aromatic carbocycles. The van der Waals surface area contributed by atoms with Crippen molar-refractivity contribution in [1.82, 2.24) is 4.57 Å². The van der Waals surface area contributed by atoms with Gasteiger partial charge in [-0.2, -0.15) is 0 Å². The molecule has 0 unspecified atom stereocenters. The van der Waals surface area contributed by atoms with Gasteiger partial charge in [0.2, 0.25) is 0 Å². The Morgan fingerprint density at radius 1 is 1.32 bits per heavy atom. The third-order valence-electron chi connectivity index (χ3n) is 2.67. The highest BCUT2D eigenvalue weighted by molar-refractivity contribution is 6.30. The number of ether oxygens (including phenoxy) is 1. The Balaban J connectivity index is 2.36. The predicted octanol–water partition coefficient (Wildman–Crippen LogP) is 2.34. The molecule has 5 heteroatoms. The Bertz CT molecular complexity index is 664. The van der Waals surface area contributed by atoms with E-state index in [1.54, 1.807) is 24.4 Å². The SMILES string of the molecule is COC(=O)c1cccn(Cc2cccc(Cl)c2)c1=O. The van der Waals surface area contributed by atoms with Crippen molar-refractivity contribution in [3.63, 3.8) is 0 Å². The molecule has 0 saturated carbocycles. The molecule has 0 spiro atoms. The first-order valence-corrected chi connectivity index (χ1v) is 6.02. The van der Waals surface area contributed by atoms with Gasteiger partial charge in [0, 0.05) is 11.2 Å². The number of esters is 1. The van der Waals surface area contributed by atoms with E-state index in [4.69, 9.17) is 11.6 Å². The molecule has 19 heavy (non-hydrogen) atoms. The number of carbonyl (C=O) groups excluding carboxylic acids is 1. The Morgan fingerprint density at radius 2 is 2.11 bits per heavy atom. The summed E-state index contributed by atoms with van der Waals surface area (Å²) in [5.41, 5.74) is 0.526. The van der Waals surface area contributed by atoms with E-state index < -0.39 is 5.97 Å². The van der Waals surface area contributed by atoms with Crippen molar-refractivity contribution >= 4 is 17.6 Å². The van der Waals surface area contributed by atoms with E-state index in [9.17, 15) is 9.59 Å². The van der Waals surface area contributed by atoms with Crippen LogP contribution in [-0.2, 0) is 11.3 Å². The first kappa shape index (κ1) is 13.4. The van der Waals surface area contributed by atoms with Crippen LogP contribution in [-0.4, -0.2) is 17.6 Å². The first-order chi connectivity index (χ1) is 9.11. The largest absolute Gasteiger partial charge is 0.465 e. The third-order valence-corrected chi connectivity index (χ3v) is 2.90. The van der Waals surface area contributed by atoms with Gasteiger partial charge in [-0.15, -0.1) is 0 Å². The maximum absolute atomic E-state index is 12.1. The molecule has 0 radical (unpaired) electrons. The number of benzene rings is 1. The normalized spacial score (nSPS) is 10.2. The molecule has 0 N–H and O–H groups in total. The number of nitrogens with zero attached hydrogens (tertiary/aromatic N) is 1. The summed E-state index contributed by atoms with van der Waals surface area (Å²) in [6.45, 7) is 0.351. The summed E-state index contributed by atoms with van der Waals surface area (Å²) in [5.74, 6) is -0.634. The van der Waals surface area contributed by atoms with Gasteiger partial charge < -0.3 is 9.30 Å². The fourth-order valence-corrected chi connectivity index (χ4v) is 1.97. The molecule has 1 heterocycles. The Labute approximate surface area is 115 Å². The van der Waals surface area contributed by atoms with Crippen LogP contribution in [0.5, 0.6) is 0 Å². The second kappa shape index (κ2) is 5.71. The molecular formula is C14H12ClNO3. The monoisotopic (exact) mass is 277 g/mol. The smallest absolute Gasteiger partial charge is 0.343 e. The van der Waals surface area contributed by atoms with Gasteiger partial charge in [-0.1, -0.05) is 23.7 Å². The van der Waals surface area contributed by atoms with Crippen molar-refractivity contribution in [2.24, 2.45) is 0 Å². The molecule has 0 bridgehead atoms. The second-order valence-electron chi connectivity index (χ2n) is 3.98. The second-order valence-corrected chi connectivity index (χ2v) is 4.41. The molecule has 0 saturated heterocycles. The standard InChI is InChI=1S/C14H12ClNO3/c1-19-14(18)12-6-3-7-16(13(12)17)9-10-4-2-5-11(15)8-10/h2-8H,9H2,1H3. The van der Waals surface area contributed by atoms with Crippen LogP contribution in [0.3, 0.4) is 0 Å². The number of rotatable bonds is 3. The number of halogens is 1. The maximum Gasteiger partial charge on any atom is 0.343 e. The third kappa shape index (κ3) is 3.03. The lowest BCUT2D eigenvalue weighted by Crippen LogP contribution is -2.26. The molecule has 0 fully saturated rings. The molecule has 0 aliphatic rings. The number of hydrogen-bond acceptors (Lipinski definition) is 3. The van der Waals surface area contributed by atoms with Crippen LogP contribution in [0.15, 0.2) is 47.4 Å². The van der Waals surface area contributed by atoms with Gasteiger partial charge in [0.15, 0.2) is 0 Å². The van der Waals surface area contributed by atoms with E-state index in [1.165, 1.54) is 17.7 Å². The van der Waals surface area contributed by atoms with Crippen molar-refractivity contribution in [3.05, 3.63) is 69.1 Å². The zero-order valence-electron chi connectivity index (χ0n) is 10.3. The van der Waals surface area contributed by atoms with E-state index in [1.807, 2.05) is 12.1 Å². The summed E-state index contributed by atoms with van der Waals surface area (Å²) < 4.78 is 6.01. The predicted molar refractivity (Wildman–Crippen MR) is 72.6 cm³/mol. The summed E-state index contributed by atoms with van der Waals surface area (Å²) in [4.78, 5) is 23.5. The molecule has 2 aromatic rings. The molecule has 4 nitrogen and oxygen atoms in total. The summed E-state index contributed by atoms with van der Waals surface area (Å²) in [6, 6.07) is 10.3. The Morgan fingerprint density at radius 3 is 2.79 bits per heavy atom. The average Bonchev–Trinajstić information content (AvgIpc) is 2.40. The van der Waals surface area contributed by atoms with E-state index in [0.717, 1.165) is 5.56 Å². The highest BCUT2D eigenvalue weighted by Crippen LogP contribution is 2.11. The minimum Gasteiger partial charge on any atom is -0.465 e. The lowest BCUT2D eigenvalue weighted by molar-refractivity contribution is 0.0598. The van der Waals surface area contributed by atoms with Gasteiger partial charge in [-0.05, 0) is 29.8 Å². The number of aromatic nitrogens is 1. The Hall–Kier alpha value is -2.07. The van der Waals surface area contributed by atoms with E-state index in [2.05, 4.69) is 4.74 Å². The highest BCUT2D eigenvalue weighted by Gasteiger charge is 2.12. The van der Waals surface area contributed by atoms with Gasteiger partial charge in [0.05, 0.1) is 13.7 Å². The minimum atomic E-state index is -0.634. The van der Waals surface area contributed by atoms with Gasteiger partial charge >= 0.3 is 5.97 Å². The van der Waals surface area contributed by atoms with Crippen molar-refractivity contribution in [2.75, 3.05) is 7.11 Å². The summed E-state index contributed by atoms with van der Waals surface area (Å²) in [7, 11) is 1.25. The number of pyridine rings is 1. The quantitative estimate of drug-likeness (QED) is 0.809. The highest BCUT2D eigenvalue weighted by atomic mass is 35.5. The van der Waals surface area contributed by atoms with Crippen LogP contribution in [0, 0.1) is 0 Å². The van der Waals surface area contributed by atoms with E-state index >= 15 is 0 Å². The average molecular weight is 278 g/mol. The molecule has 0 amide bonds. The molecule has 0 aliphatic heterocycles. The zero-order valence-corrected chi connectivity index (χ0v) is 11.1. The Kier molecular flexibility index (Phi) is 4.02. The lowest BCUT2D eigenvalue weighted by atomic mass is 10.2. The minimum absolute atomic E-state index is 0.0204. The fourth-order valence-electron chi connectivity index (χ4n) is 1.76. The van der Waals surface area contributed by atoms with Crippen LogP contribution in [0.2, 0.25) is 5.02 Å². The molecule has 0 atom stereocenters. The number of carbonyl (C=O) groups is 1. The summed E-state index contributed by atoms with van der Waals surface area (Å²) in [5, 5.41) is 0.606. The summed E-state index contributed by atoms with van der Waals surface area (Å²) >= 11 is 5.89. The van der Waals surface area contributed by atoms with Crippen LogP contribution < -0.4 is 5.56 Å². The lowest BCUT2D eigenvalue weighted by Gasteiger charge is -2.07. The van der Waals surface area contributed by atoms with Crippen LogP contribution >= 0.6 is 11.6 Å². The maximum atomic E-state index is 12.1. The number of methoxy groups -OCH3 is 1. The van der Waals surface area contributed by atoms with Gasteiger partial charge in [0.1, 0.15) is 5.56 Å². The van der Waals surface area contributed by atoms with E-state index in [0.29, 0.717) is 11.6 Å². The molecular weight excluding hydrogens is 266 g/mol. The van der Waals surface area contributed by atoms with Gasteiger partial charge in [-0.3, -0.25) is 4.79 Å². The van der Waals surface area contributed by atoms with Crippen LogP contribution in [0.25, 0.3) is 0 Å². The van der Waals surface area contributed by atoms with Crippen molar-refractivity contribution < 1.29 is 9.53 Å². The summed E-state index contributed by atoms with van der Waals surface area (Å²) in [6.07, 6.45) is 1.62. The fraction of sp³-hybridized carbons (Fsp3) is 0.143. The topological polar surface area (TPSA) is 48.3 Å². The number of hydrogen-bond donors (Lipinski definition) is 0. The van der Waals surface area contributed by atoms with E-state index in [-0.39, 0.29) is 11.1 Å². The van der Waals surface area contributed by atoms with Gasteiger partial charge in [-0.25, -0.2) is 4.79 Å². The molecule has 2 rings (SSSR count).